The average Bonchev–Trinajstić information content (AvgIpc) is 3.24. The van der Waals surface area contributed by atoms with E-state index in [0.29, 0.717) is 25.6 Å². The van der Waals surface area contributed by atoms with E-state index >= 15 is 0 Å². The second kappa shape index (κ2) is 5.76. The molecule has 114 valence electrons. The van der Waals surface area contributed by atoms with Crippen LogP contribution in [0.25, 0.3) is 0 Å². The topological polar surface area (TPSA) is 46.3 Å². The number of hydrogen-bond acceptors (Lipinski definition) is 2. The maximum Gasteiger partial charge on any atom is 0.223 e. The summed E-state index contributed by atoms with van der Waals surface area (Å²) in [5, 5.41) is 0. The Balaban J connectivity index is 1.68. The van der Waals surface area contributed by atoms with Gasteiger partial charge in [-0.3, -0.25) is 4.79 Å². The highest BCUT2D eigenvalue weighted by atomic mass is 19.1. The zero-order valence-corrected chi connectivity index (χ0v) is 12.4. The molecule has 2 fully saturated rings. The fourth-order valence-electron chi connectivity index (χ4n) is 3.19. The molecule has 3 nitrogen and oxygen atoms in total. The predicted octanol–water partition coefficient (Wildman–Crippen LogP) is 2.84. The molecular weight excluding hydrogens is 267 g/mol. The Kier molecular flexibility index (Phi) is 3.98. The summed E-state index contributed by atoms with van der Waals surface area (Å²) < 4.78 is 13.3. The number of carbonyl (C=O) groups excluding carboxylic acids is 1. The van der Waals surface area contributed by atoms with Gasteiger partial charge in [-0.15, -0.1) is 0 Å². The smallest absolute Gasteiger partial charge is 0.223 e. The quantitative estimate of drug-likeness (QED) is 0.875. The standard InChI is InChI=1S/C17H23FN2O/c18-14-4-1-3-13(9-14)11-20(15-5-6-15)16(21)10-17(12-19)7-2-8-17/h1,3-4,9,15H,2,5-8,10-12,19H2. The molecule has 0 aliphatic heterocycles. The lowest BCUT2D eigenvalue weighted by Crippen LogP contribution is -2.43. The zero-order chi connectivity index (χ0) is 14.9. The van der Waals surface area contributed by atoms with E-state index in [-0.39, 0.29) is 17.1 Å². The lowest BCUT2D eigenvalue weighted by atomic mass is 9.66. The number of benzene rings is 1. The summed E-state index contributed by atoms with van der Waals surface area (Å²) in [5.41, 5.74) is 6.76. The first-order valence-corrected chi connectivity index (χ1v) is 7.86. The third-order valence-electron chi connectivity index (χ3n) is 4.92. The Hall–Kier alpha value is -1.42. The Morgan fingerprint density at radius 2 is 2.14 bits per heavy atom. The van der Waals surface area contributed by atoms with Crippen LogP contribution in [0, 0.1) is 11.2 Å². The first kappa shape index (κ1) is 14.5. The molecule has 4 heteroatoms. The minimum absolute atomic E-state index is 0.0339. The molecule has 2 N–H and O–H groups in total. The maximum absolute atomic E-state index is 13.3. The molecule has 0 unspecified atom stereocenters. The zero-order valence-electron chi connectivity index (χ0n) is 12.4. The Morgan fingerprint density at radius 1 is 1.38 bits per heavy atom. The number of carbonyl (C=O) groups is 1. The molecule has 3 rings (SSSR count). The molecule has 1 aromatic rings. The van der Waals surface area contributed by atoms with Gasteiger partial charge in [-0.25, -0.2) is 4.39 Å². The normalized spacial score (nSPS) is 19.9. The second-order valence-electron chi connectivity index (χ2n) is 6.62. The summed E-state index contributed by atoms with van der Waals surface area (Å²) >= 11 is 0. The van der Waals surface area contributed by atoms with Crippen molar-refractivity contribution >= 4 is 5.91 Å². The summed E-state index contributed by atoms with van der Waals surface area (Å²) in [5.74, 6) is -0.0555. The van der Waals surface area contributed by atoms with Crippen LogP contribution in [0.5, 0.6) is 0 Å². The summed E-state index contributed by atoms with van der Waals surface area (Å²) in [6, 6.07) is 6.88. The number of nitrogens with zero attached hydrogens (tertiary/aromatic N) is 1. The monoisotopic (exact) mass is 290 g/mol. The summed E-state index contributed by atoms with van der Waals surface area (Å²) in [6.45, 7) is 1.11. The Bertz CT molecular complexity index is 518. The molecule has 1 aromatic carbocycles. The molecule has 0 atom stereocenters. The first-order valence-electron chi connectivity index (χ1n) is 7.86. The largest absolute Gasteiger partial charge is 0.335 e. The SMILES string of the molecule is NCC1(CC(=O)N(Cc2cccc(F)c2)C2CC2)CCC1. The van der Waals surface area contributed by atoms with Gasteiger partial charge in [0.1, 0.15) is 5.82 Å². The highest BCUT2D eigenvalue weighted by Crippen LogP contribution is 2.44. The van der Waals surface area contributed by atoms with Gasteiger partial charge in [0.05, 0.1) is 0 Å². The van der Waals surface area contributed by atoms with E-state index in [2.05, 4.69) is 0 Å². The van der Waals surface area contributed by atoms with E-state index in [1.807, 2.05) is 11.0 Å². The van der Waals surface area contributed by atoms with Crippen molar-refractivity contribution < 1.29 is 9.18 Å². The van der Waals surface area contributed by atoms with Crippen LogP contribution in [0.4, 0.5) is 4.39 Å². The van der Waals surface area contributed by atoms with E-state index < -0.39 is 0 Å². The predicted molar refractivity (Wildman–Crippen MR) is 79.9 cm³/mol. The molecular formula is C17H23FN2O. The highest BCUT2D eigenvalue weighted by Gasteiger charge is 2.41. The van der Waals surface area contributed by atoms with Crippen molar-refractivity contribution in [2.24, 2.45) is 11.1 Å². The molecule has 0 bridgehead atoms. The van der Waals surface area contributed by atoms with Crippen LogP contribution in [0.15, 0.2) is 24.3 Å². The van der Waals surface area contributed by atoms with Crippen molar-refractivity contribution in [3.8, 4) is 0 Å². The van der Waals surface area contributed by atoms with Crippen molar-refractivity contribution in [2.75, 3.05) is 6.54 Å². The summed E-state index contributed by atoms with van der Waals surface area (Å²) in [6.07, 6.45) is 5.99. The fourth-order valence-corrected chi connectivity index (χ4v) is 3.19. The first-order chi connectivity index (χ1) is 10.1. The van der Waals surface area contributed by atoms with Crippen LogP contribution in [-0.2, 0) is 11.3 Å². The Labute approximate surface area is 125 Å². The number of halogens is 1. The minimum Gasteiger partial charge on any atom is -0.335 e. The third-order valence-corrected chi connectivity index (χ3v) is 4.92. The van der Waals surface area contributed by atoms with Crippen molar-refractivity contribution in [1.29, 1.82) is 0 Å². The number of amides is 1. The van der Waals surface area contributed by atoms with Crippen LogP contribution < -0.4 is 5.73 Å². The third kappa shape index (κ3) is 3.26. The Morgan fingerprint density at radius 3 is 2.67 bits per heavy atom. The average molecular weight is 290 g/mol. The van der Waals surface area contributed by atoms with E-state index in [4.69, 9.17) is 5.73 Å². The van der Waals surface area contributed by atoms with Crippen LogP contribution in [0.3, 0.4) is 0 Å². The maximum atomic E-state index is 13.3. The molecule has 0 radical (unpaired) electrons. The van der Waals surface area contributed by atoms with Crippen molar-refractivity contribution in [2.45, 2.75) is 51.1 Å². The number of rotatable bonds is 6. The fraction of sp³-hybridized carbons (Fsp3) is 0.588. The van der Waals surface area contributed by atoms with Gasteiger partial charge < -0.3 is 10.6 Å². The van der Waals surface area contributed by atoms with Gasteiger partial charge in [0.2, 0.25) is 5.91 Å². The van der Waals surface area contributed by atoms with E-state index in [0.717, 1.165) is 31.2 Å². The van der Waals surface area contributed by atoms with E-state index in [1.165, 1.54) is 18.6 Å². The van der Waals surface area contributed by atoms with E-state index in [9.17, 15) is 9.18 Å². The lowest BCUT2D eigenvalue weighted by Gasteiger charge is -2.41. The highest BCUT2D eigenvalue weighted by molar-refractivity contribution is 5.77. The van der Waals surface area contributed by atoms with Crippen LogP contribution in [0.2, 0.25) is 0 Å². The van der Waals surface area contributed by atoms with Gasteiger partial charge >= 0.3 is 0 Å². The molecule has 2 saturated carbocycles. The molecule has 1 amide bonds. The number of hydrogen-bond donors (Lipinski definition) is 1. The van der Waals surface area contributed by atoms with E-state index in [1.54, 1.807) is 6.07 Å². The van der Waals surface area contributed by atoms with Crippen LogP contribution >= 0.6 is 0 Å². The van der Waals surface area contributed by atoms with Gasteiger partial charge in [-0.1, -0.05) is 18.6 Å². The molecule has 0 saturated heterocycles. The molecule has 0 spiro atoms. The van der Waals surface area contributed by atoms with Gasteiger partial charge in [0.15, 0.2) is 0 Å². The van der Waals surface area contributed by atoms with Crippen LogP contribution in [-0.4, -0.2) is 23.4 Å². The molecule has 21 heavy (non-hydrogen) atoms. The minimum atomic E-state index is -0.242. The summed E-state index contributed by atoms with van der Waals surface area (Å²) in [4.78, 5) is 14.6. The van der Waals surface area contributed by atoms with Gasteiger partial charge in [-0.2, -0.15) is 0 Å². The molecule has 2 aliphatic carbocycles. The number of nitrogens with two attached hydrogens (primary N) is 1. The molecule has 0 aromatic heterocycles. The van der Waals surface area contributed by atoms with Crippen molar-refractivity contribution in [1.82, 2.24) is 4.90 Å². The van der Waals surface area contributed by atoms with Crippen LogP contribution in [0.1, 0.15) is 44.1 Å². The summed E-state index contributed by atoms with van der Waals surface area (Å²) in [7, 11) is 0. The van der Waals surface area contributed by atoms with Gasteiger partial charge in [-0.05, 0) is 55.3 Å². The lowest BCUT2D eigenvalue weighted by molar-refractivity contribution is -0.136. The van der Waals surface area contributed by atoms with Crippen molar-refractivity contribution in [3.05, 3.63) is 35.6 Å². The van der Waals surface area contributed by atoms with Gasteiger partial charge in [0, 0.05) is 19.0 Å². The second-order valence-corrected chi connectivity index (χ2v) is 6.62. The molecule has 2 aliphatic rings. The van der Waals surface area contributed by atoms with Gasteiger partial charge in [0.25, 0.3) is 0 Å². The van der Waals surface area contributed by atoms with Crippen molar-refractivity contribution in [3.63, 3.8) is 0 Å². The molecule has 0 heterocycles.